The summed E-state index contributed by atoms with van der Waals surface area (Å²) < 4.78 is 14.3. The number of rotatable bonds is 8. The number of fused-ring (bicyclic) bond motifs is 1. The average molecular weight is 737 g/mol. The Balaban J connectivity index is 1.38. The molecule has 0 aliphatic carbocycles. The number of nitrogens with zero attached hydrogens (tertiary/aromatic N) is 9. The Kier molecular flexibility index (Phi) is 8.57. The summed E-state index contributed by atoms with van der Waals surface area (Å²) in [6, 6.07) is 25.7. The van der Waals surface area contributed by atoms with Crippen molar-refractivity contribution in [3.63, 3.8) is 0 Å². The standard InChI is InChI=1S/C35H30BrN9O3S/c1-5-43-30-31(41(2)35(47)42(3)32(30)46)38-33(43)44-20-24(29(40-44)23-13-17-27(48-4)18-14-23)19-37-39-34-45(26-9-7-6-8-10-26)28(21-49-34)22-11-15-25(36)16-12-22/h6-21H,5H2,1-4H3/b37-19+,39-34-. The lowest BCUT2D eigenvalue weighted by molar-refractivity contribution is 0.415. The highest BCUT2D eigenvalue weighted by Crippen LogP contribution is 2.27. The van der Waals surface area contributed by atoms with Crippen LogP contribution in [0.2, 0.25) is 0 Å². The van der Waals surface area contributed by atoms with Gasteiger partial charge in [-0.05, 0) is 61.0 Å². The van der Waals surface area contributed by atoms with E-state index >= 15 is 0 Å². The summed E-state index contributed by atoms with van der Waals surface area (Å²) in [5.74, 6) is 1.10. The molecule has 0 fully saturated rings. The SMILES string of the molecule is CCn1c(-n2cc(/C=N/N=c3\scc(-c4ccc(Br)cc4)n3-c3ccccc3)c(-c3ccc(OC)cc3)n2)nc2c1c(=O)n(C)c(=O)n2C. The number of methoxy groups -OCH3 is 1. The number of imidazole rings is 1. The molecule has 0 radical (unpaired) electrons. The van der Waals surface area contributed by atoms with Crippen molar-refractivity contribution in [3.8, 4) is 39.9 Å². The van der Waals surface area contributed by atoms with Crippen molar-refractivity contribution in [2.24, 2.45) is 24.3 Å². The summed E-state index contributed by atoms with van der Waals surface area (Å²) in [4.78, 5) is 31.3. The van der Waals surface area contributed by atoms with E-state index in [1.165, 1.54) is 23.0 Å². The van der Waals surface area contributed by atoms with Crippen molar-refractivity contribution < 1.29 is 4.74 Å². The van der Waals surface area contributed by atoms with Crippen molar-refractivity contribution >= 4 is 44.6 Å². The van der Waals surface area contributed by atoms with E-state index in [0.29, 0.717) is 39.8 Å². The number of para-hydroxylation sites is 1. The normalized spacial score (nSPS) is 12.1. The molecule has 7 aromatic rings. The first kappa shape index (κ1) is 32.0. The van der Waals surface area contributed by atoms with Crippen LogP contribution in [0, 0.1) is 0 Å². The molecule has 0 aliphatic heterocycles. The first-order chi connectivity index (χ1) is 23.8. The smallest absolute Gasteiger partial charge is 0.332 e. The van der Waals surface area contributed by atoms with Crippen LogP contribution in [-0.2, 0) is 20.6 Å². The molecule has 7 rings (SSSR count). The molecular weight excluding hydrogens is 706 g/mol. The summed E-state index contributed by atoms with van der Waals surface area (Å²) in [5.41, 5.74) is 4.82. The highest BCUT2D eigenvalue weighted by atomic mass is 79.9. The zero-order valence-corrected chi connectivity index (χ0v) is 29.4. The van der Waals surface area contributed by atoms with Gasteiger partial charge in [-0.1, -0.05) is 46.3 Å². The van der Waals surface area contributed by atoms with Crippen LogP contribution in [0.15, 0.2) is 115 Å². The van der Waals surface area contributed by atoms with E-state index in [-0.39, 0.29) is 5.65 Å². The molecule has 0 unspecified atom stereocenters. The minimum absolute atomic E-state index is 0.279. The van der Waals surface area contributed by atoms with Crippen LogP contribution in [0.5, 0.6) is 5.75 Å². The number of hydrogen-bond acceptors (Lipinski definition) is 8. The van der Waals surface area contributed by atoms with E-state index in [4.69, 9.17) is 14.8 Å². The number of halogens is 1. The molecule has 246 valence electrons. The van der Waals surface area contributed by atoms with Crippen LogP contribution in [0.3, 0.4) is 0 Å². The van der Waals surface area contributed by atoms with Crippen LogP contribution in [0.1, 0.15) is 12.5 Å². The Morgan fingerprint density at radius 2 is 1.65 bits per heavy atom. The molecule has 0 amide bonds. The Morgan fingerprint density at radius 3 is 2.35 bits per heavy atom. The lowest BCUT2D eigenvalue weighted by atomic mass is 10.1. The van der Waals surface area contributed by atoms with Gasteiger partial charge in [-0.2, -0.15) is 15.2 Å². The van der Waals surface area contributed by atoms with Gasteiger partial charge in [0.15, 0.2) is 11.2 Å². The van der Waals surface area contributed by atoms with E-state index < -0.39 is 11.2 Å². The first-order valence-electron chi connectivity index (χ1n) is 15.3. The Hall–Kier alpha value is -5.60. The lowest BCUT2D eigenvalue weighted by Crippen LogP contribution is -2.37. The molecule has 14 heteroatoms. The molecule has 0 N–H and O–H groups in total. The second kappa shape index (κ2) is 13.1. The number of benzene rings is 3. The molecule has 3 aromatic carbocycles. The molecule has 12 nitrogen and oxygen atoms in total. The van der Waals surface area contributed by atoms with Gasteiger partial charge >= 0.3 is 5.69 Å². The van der Waals surface area contributed by atoms with Gasteiger partial charge in [-0.15, -0.1) is 16.4 Å². The van der Waals surface area contributed by atoms with Crippen LogP contribution in [-0.4, -0.2) is 46.4 Å². The Labute approximate surface area is 292 Å². The van der Waals surface area contributed by atoms with Crippen LogP contribution < -0.4 is 20.8 Å². The average Bonchev–Trinajstić information content (AvgIpc) is 3.86. The largest absolute Gasteiger partial charge is 0.497 e. The van der Waals surface area contributed by atoms with E-state index in [1.807, 2.05) is 73.7 Å². The number of thiazole rings is 1. The predicted molar refractivity (Wildman–Crippen MR) is 195 cm³/mol. The third-order valence-electron chi connectivity index (χ3n) is 8.16. The fourth-order valence-corrected chi connectivity index (χ4v) is 6.76. The fraction of sp³-hybridized carbons (Fsp3) is 0.143. The van der Waals surface area contributed by atoms with Crippen molar-refractivity contribution in [2.45, 2.75) is 13.5 Å². The van der Waals surface area contributed by atoms with Crippen LogP contribution >= 0.6 is 27.3 Å². The molecule has 0 bridgehead atoms. The van der Waals surface area contributed by atoms with Gasteiger partial charge in [0.1, 0.15) is 11.4 Å². The van der Waals surface area contributed by atoms with Crippen LogP contribution in [0.4, 0.5) is 0 Å². The first-order valence-corrected chi connectivity index (χ1v) is 17.0. The maximum atomic E-state index is 13.2. The molecule has 0 atom stereocenters. The zero-order chi connectivity index (χ0) is 34.2. The summed E-state index contributed by atoms with van der Waals surface area (Å²) in [6.45, 7) is 2.34. The highest BCUT2D eigenvalue weighted by molar-refractivity contribution is 9.10. The van der Waals surface area contributed by atoms with Crippen molar-refractivity contribution in [2.75, 3.05) is 7.11 Å². The quantitative estimate of drug-likeness (QED) is 0.150. The van der Waals surface area contributed by atoms with Gasteiger partial charge in [0, 0.05) is 53.5 Å². The second-order valence-corrected chi connectivity index (χ2v) is 12.8. The topological polar surface area (TPSA) is 119 Å². The van der Waals surface area contributed by atoms with Gasteiger partial charge < -0.3 is 9.30 Å². The number of hydrogen-bond donors (Lipinski definition) is 0. The van der Waals surface area contributed by atoms with Gasteiger partial charge in [-0.3, -0.25) is 18.5 Å². The summed E-state index contributed by atoms with van der Waals surface area (Å²) in [7, 11) is 4.67. The van der Waals surface area contributed by atoms with Gasteiger partial charge in [0.05, 0.1) is 19.0 Å². The third-order valence-corrected chi connectivity index (χ3v) is 9.50. The maximum Gasteiger partial charge on any atom is 0.332 e. The minimum Gasteiger partial charge on any atom is -0.497 e. The molecule has 49 heavy (non-hydrogen) atoms. The molecule has 0 saturated heterocycles. The Morgan fingerprint density at radius 1 is 0.939 bits per heavy atom. The van der Waals surface area contributed by atoms with Crippen molar-refractivity contribution in [1.82, 2.24) is 33.0 Å². The monoisotopic (exact) mass is 735 g/mol. The molecule has 0 saturated carbocycles. The molecule has 0 spiro atoms. The molecule has 0 aliphatic rings. The van der Waals surface area contributed by atoms with E-state index in [2.05, 4.69) is 48.2 Å². The molecular formula is C35H30BrN9O3S. The second-order valence-electron chi connectivity index (χ2n) is 11.1. The van der Waals surface area contributed by atoms with Crippen molar-refractivity contribution in [3.05, 3.63) is 126 Å². The summed E-state index contributed by atoms with van der Waals surface area (Å²) in [5, 5.41) is 16.2. The maximum absolute atomic E-state index is 13.2. The van der Waals surface area contributed by atoms with Gasteiger partial charge in [0.25, 0.3) is 5.56 Å². The zero-order valence-electron chi connectivity index (χ0n) is 27.0. The van der Waals surface area contributed by atoms with E-state index in [1.54, 1.807) is 35.8 Å². The van der Waals surface area contributed by atoms with Crippen LogP contribution in [0.25, 0.3) is 45.3 Å². The lowest BCUT2D eigenvalue weighted by Gasteiger charge is -2.09. The third kappa shape index (κ3) is 5.78. The number of ether oxygens (including phenoxy) is 1. The molecule has 4 aromatic heterocycles. The van der Waals surface area contributed by atoms with E-state index in [9.17, 15) is 9.59 Å². The number of aromatic nitrogens is 7. The van der Waals surface area contributed by atoms with Crippen molar-refractivity contribution in [1.29, 1.82) is 0 Å². The predicted octanol–water partition coefficient (Wildman–Crippen LogP) is 5.53. The number of aryl methyl sites for hydroxylation is 2. The fourth-order valence-electron chi connectivity index (χ4n) is 5.64. The van der Waals surface area contributed by atoms with Gasteiger partial charge in [-0.25, -0.2) is 9.48 Å². The summed E-state index contributed by atoms with van der Waals surface area (Å²) >= 11 is 5.02. The van der Waals surface area contributed by atoms with E-state index in [0.717, 1.165) is 31.5 Å². The minimum atomic E-state index is -0.455. The molecule has 4 heterocycles. The van der Waals surface area contributed by atoms with Gasteiger partial charge in [0.2, 0.25) is 10.7 Å². The highest BCUT2D eigenvalue weighted by Gasteiger charge is 2.21. The Bertz CT molecular complexity index is 2540. The summed E-state index contributed by atoms with van der Waals surface area (Å²) in [6.07, 6.45) is 3.45.